The molecule has 110 valence electrons. The smallest absolute Gasteiger partial charge is 0.293 e. The fraction of sp³-hybridized carbons (Fsp3) is 0.417. The van der Waals surface area contributed by atoms with Gasteiger partial charge in [-0.2, -0.15) is 5.10 Å². The fourth-order valence-corrected chi connectivity index (χ4v) is 2.20. The first-order chi connectivity index (χ1) is 10.1. The van der Waals surface area contributed by atoms with Crippen molar-refractivity contribution >= 4 is 17.6 Å². The van der Waals surface area contributed by atoms with Crippen LogP contribution in [0.4, 0.5) is 5.82 Å². The summed E-state index contributed by atoms with van der Waals surface area (Å²) in [5, 5.41) is 13.5. The minimum Gasteiger partial charge on any atom is -0.342 e. The Balaban J connectivity index is 1.83. The average Bonchev–Trinajstić information content (AvgIpc) is 3.06. The molecule has 0 bridgehead atoms. The lowest BCUT2D eigenvalue weighted by Gasteiger charge is -2.08. The van der Waals surface area contributed by atoms with Gasteiger partial charge >= 0.3 is 0 Å². The molecule has 0 saturated heterocycles. The molecule has 1 atom stereocenters. The molecule has 0 aliphatic carbocycles. The van der Waals surface area contributed by atoms with E-state index in [1.54, 1.807) is 31.0 Å². The van der Waals surface area contributed by atoms with Crippen molar-refractivity contribution < 1.29 is 9.59 Å². The van der Waals surface area contributed by atoms with Crippen molar-refractivity contribution in [2.75, 3.05) is 19.4 Å². The molecule has 2 amide bonds. The Morgan fingerprint density at radius 3 is 3.05 bits per heavy atom. The second kappa shape index (κ2) is 5.00. The Labute approximate surface area is 120 Å². The van der Waals surface area contributed by atoms with Crippen LogP contribution in [0.15, 0.2) is 12.3 Å². The van der Waals surface area contributed by atoms with Gasteiger partial charge in [-0.1, -0.05) is 0 Å². The molecule has 0 radical (unpaired) electrons. The average molecular weight is 289 g/mol. The van der Waals surface area contributed by atoms with Gasteiger partial charge in [0.1, 0.15) is 11.6 Å². The fourth-order valence-electron chi connectivity index (χ4n) is 2.20. The molecule has 2 aromatic heterocycles. The molecule has 3 rings (SSSR count). The Bertz CT molecular complexity index is 687. The van der Waals surface area contributed by atoms with E-state index >= 15 is 0 Å². The first-order valence-electron chi connectivity index (χ1n) is 6.53. The summed E-state index contributed by atoms with van der Waals surface area (Å²) in [6.07, 6.45) is 2.17. The van der Waals surface area contributed by atoms with Crippen LogP contribution in [0.1, 0.15) is 28.8 Å². The largest absolute Gasteiger partial charge is 0.342 e. The summed E-state index contributed by atoms with van der Waals surface area (Å²) in [5.74, 6) is 0.136. The number of aromatic nitrogens is 5. The summed E-state index contributed by atoms with van der Waals surface area (Å²) in [6, 6.07) is 1.74. The summed E-state index contributed by atoms with van der Waals surface area (Å²) in [6.45, 7) is 0.587. The number of nitrogens with zero attached hydrogens (tertiary/aromatic N) is 5. The van der Waals surface area contributed by atoms with E-state index in [0.29, 0.717) is 24.6 Å². The van der Waals surface area contributed by atoms with Crippen LogP contribution in [0.25, 0.3) is 0 Å². The topological polar surface area (TPSA) is 109 Å². The van der Waals surface area contributed by atoms with Crippen molar-refractivity contribution in [1.82, 2.24) is 29.9 Å². The van der Waals surface area contributed by atoms with Gasteiger partial charge in [-0.05, 0) is 6.42 Å². The second-order valence-corrected chi connectivity index (χ2v) is 5.01. The van der Waals surface area contributed by atoms with Gasteiger partial charge in [0, 0.05) is 26.7 Å². The van der Waals surface area contributed by atoms with E-state index in [4.69, 9.17) is 0 Å². The number of hydrogen-bond acceptors (Lipinski definition) is 5. The SMILES string of the molecule is CN(C)C(=O)c1n[nH]c(C2CCn3nccc3NC2=O)n1. The van der Waals surface area contributed by atoms with Crippen molar-refractivity contribution in [3.05, 3.63) is 23.9 Å². The quantitative estimate of drug-likeness (QED) is 0.797. The molecule has 0 aromatic carbocycles. The van der Waals surface area contributed by atoms with Gasteiger partial charge < -0.3 is 10.2 Å². The van der Waals surface area contributed by atoms with Crippen LogP contribution in [0.2, 0.25) is 0 Å². The van der Waals surface area contributed by atoms with Gasteiger partial charge in [0.2, 0.25) is 11.7 Å². The van der Waals surface area contributed by atoms with Gasteiger partial charge in [0.25, 0.3) is 5.91 Å². The first-order valence-corrected chi connectivity index (χ1v) is 6.53. The van der Waals surface area contributed by atoms with Crippen LogP contribution < -0.4 is 5.32 Å². The Kier molecular flexibility index (Phi) is 3.16. The van der Waals surface area contributed by atoms with E-state index in [-0.39, 0.29) is 17.6 Å². The number of carbonyl (C=O) groups excluding carboxylic acids is 2. The summed E-state index contributed by atoms with van der Waals surface area (Å²) in [7, 11) is 3.24. The molecule has 1 unspecified atom stereocenters. The van der Waals surface area contributed by atoms with Gasteiger partial charge in [-0.3, -0.25) is 14.7 Å². The van der Waals surface area contributed by atoms with Crippen LogP contribution in [0.5, 0.6) is 0 Å². The van der Waals surface area contributed by atoms with Crippen molar-refractivity contribution in [2.45, 2.75) is 18.9 Å². The lowest BCUT2D eigenvalue weighted by Crippen LogP contribution is -2.23. The second-order valence-electron chi connectivity index (χ2n) is 5.01. The number of carbonyl (C=O) groups is 2. The highest BCUT2D eigenvalue weighted by molar-refractivity contribution is 5.95. The van der Waals surface area contributed by atoms with E-state index in [0.717, 1.165) is 0 Å². The van der Waals surface area contributed by atoms with Gasteiger partial charge in [-0.25, -0.2) is 9.67 Å². The number of fused-ring (bicyclic) bond motifs is 1. The van der Waals surface area contributed by atoms with Crippen molar-refractivity contribution in [3.63, 3.8) is 0 Å². The van der Waals surface area contributed by atoms with E-state index in [9.17, 15) is 9.59 Å². The molecular weight excluding hydrogens is 274 g/mol. The normalized spacial score (nSPS) is 17.8. The monoisotopic (exact) mass is 289 g/mol. The summed E-state index contributed by atoms with van der Waals surface area (Å²) in [4.78, 5) is 29.6. The zero-order chi connectivity index (χ0) is 15.0. The van der Waals surface area contributed by atoms with Crippen LogP contribution in [-0.2, 0) is 11.3 Å². The molecule has 0 fully saturated rings. The molecular formula is C12H15N7O2. The highest BCUT2D eigenvalue weighted by Gasteiger charge is 2.29. The predicted molar refractivity (Wildman–Crippen MR) is 72.6 cm³/mol. The Hall–Kier alpha value is -2.71. The van der Waals surface area contributed by atoms with Crippen LogP contribution >= 0.6 is 0 Å². The standard InChI is InChI=1S/C12H15N7O2/c1-18(2)12(21)10-15-9(16-17-10)7-4-6-19-8(3-5-13-19)14-11(7)20/h3,5,7H,4,6H2,1-2H3,(H,14,20)(H,15,16,17). The lowest BCUT2D eigenvalue weighted by atomic mass is 10.0. The zero-order valence-electron chi connectivity index (χ0n) is 11.7. The lowest BCUT2D eigenvalue weighted by molar-refractivity contribution is -0.117. The first kappa shape index (κ1) is 13.3. The number of hydrogen-bond donors (Lipinski definition) is 2. The molecule has 9 nitrogen and oxygen atoms in total. The molecule has 3 heterocycles. The van der Waals surface area contributed by atoms with E-state index in [2.05, 4.69) is 25.6 Å². The van der Waals surface area contributed by atoms with Crippen molar-refractivity contribution in [3.8, 4) is 0 Å². The molecule has 1 aliphatic rings. The highest BCUT2D eigenvalue weighted by atomic mass is 16.2. The number of nitrogens with one attached hydrogen (secondary N) is 2. The van der Waals surface area contributed by atoms with Crippen LogP contribution in [-0.4, -0.2) is 55.8 Å². The molecule has 0 spiro atoms. The van der Waals surface area contributed by atoms with Gasteiger partial charge in [0.15, 0.2) is 0 Å². The highest BCUT2D eigenvalue weighted by Crippen LogP contribution is 2.24. The third-order valence-electron chi connectivity index (χ3n) is 3.34. The van der Waals surface area contributed by atoms with Crippen molar-refractivity contribution in [2.24, 2.45) is 0 Å². The maximum Gasteiger partial charge on any atom is 0.293 e. The molecule has 21 heavy (non-hydrogen) atoms. The maximum atomic E-state index is 12.3. The third kappa shape index (κ3) is 2.37. The van der Waals surface area contributed by atoms with Crippen LogP contribution in [0.3, 0.4) is 0 Å². The number of aryl methyl sites for hydroxylation is 1. The number of anilines is 1. The van der Waals surface area contributed by atoms with Gasteiger partial charge in [0.05, 0.1) is 12.1 Å². The Morgan fingerprint density at radius 1 is 1.48 bits per heavy atom. The summed E-state index contributed by atoms with van der Waals surface area (Å²) < 4.78 is 1.72. The van der Waals surface area contributed by atoms with E-state index in [1.165, 1.54) is 4.90 Å². The zero-order valence-corrected chi connectivity index (χ0v) is 11.7. The minimum atomic E-state index is -0.483. The van der Waals surface area contributed by atoms with E-state index < -0.39 is 5.92 Å². The summed E-state index contributed by atoms with van der Waals surface area (Å²) >= 11 is 0. The maximum absolute atomic E-state index is 12.3. The number of rotatable bonds is 2. The third-order valence-corrected chi connectivity index (χ3v) is 3.34. The predicted octanol–water partition coefficient (Wildman–Crippen LogP) is -0.171. The van der Waals surface area contributed by atoms with Crippen LogP contribution in [0, 0.1) is 0 Å². The van der Waals surface area contributed by atoms with Gasteiger partial charge in [-0.15, -0.1) is 5.10 Å². The van der Waals surface area contributed by atoms with Crippen molar-refractivity contribution in [1.29, 1.82) is 0 Å². The molecule has 1 aliphatic heterocycles. The number of H-pyrrole nitrogens is 1. The molecule has 0 saturated carbocycles. The van der Waals surface area contributed by atoms with E-state index in [1.807, 2.05) is 0 Å². The molecule has 2 aromatic rings. The minimum absolute atomic E-state index is 0.0600. The Morgan fingerprint density at radius 2 is 2.29 bits per heavy atom. The molecule has 2 N–H and O–H groups in total. The number of aromatic amines is 1. The number of amides is 2. The summed E-state index contributed by atoms with van der Waals surface area (Å²) in [5.41, 5.74) is 0. The molecule has 9 heteroatoms.